The summed E-state index contributed by atoms with van der Waals surface area (Å²) in [5, 5.41) is 3.01. The van der Waals surface area contributed by atoms with E-state index in [1.807, 2.05) is 12.1 Å². The molecule has 114 valence electrons. The zero-order valence-corrected chi connectivity index (χ0v) is 11.6. The van der Waals surface area contributed by atoms with Crippen molar-refractivity contribution in [2.75, 3.05) is 13.2 Å². The van der Waals surface area contributed by atoms with Gasteiger partial charge in [-0.1, -0.05) is 18.6 Å². The van der Waals surface area contributed by atoms with Crippen LogP contribution in [0.25, 0.3) is 0 Å². The average Bonchev–Trinajstić information content (AvgIpc) is 2.83. The van der Waals surface area contributed by atoms with Gasteiger partial charge in [-0.15, -0.1) is 0 Å². The number of hydrogen-bond acceptors (Lipinski definition) is 3. The molecule has 0 aromatic heterocycles. The summed E-state index contributed by atoms with van der Waals surface area (Å²) in [4.78, 5) is 14.2. The van der Waals surface area contributed by atoms with Crippen molar-refractivity contribution in [1.82, 2.24) is 10.2 Å². The molecule has 0 radical (unpaired) electrons. The second-order valence-corrected chi connectivity index (χ2v) is 5.43. The summed E-state index contributed by atoms with van der Waals surface area (Å²) < 4.78 is 29.2. The first kappa shape index (κ1) is 14.3. The van der Waals surface area contributed by atoms with Gasteiger partial charge < -0.3 is 10.1 Å². The number of fused-ring (bicyclic) bond motifs is 1. The fraction of sp³-hybridized carbons (Fsp3) is 0.533. The highest BCUT2D eigenvalue weighted by Gasteiger charge is 2.41. The van der Waals surface area contributed by atoms with Crippen LogP contribution in [0.1, 0.15) is 31.0 Å². The largest absolute Gasteiger partial charge is 0.488 e. The van der Waals surface area contributed by atoms with E-state index >= 15 is 0 Å². The van der Waals surface area contributed by atoms with Crippen LogP contribution in [0.2, 0.25) is 0 Å². The molecule has 21 heavy (non-hydrogen) atoms. The number of carbonyl (C=O) groups excluding carboxylic acids is 1. The van der Waals surface area contributed by atoms with Crippen LogP contribution in [0, 0.1) is 0 Å². The molecule has 1 amide bonds. The molecule has 2 atom stereocenters. The highest BCUT2D eigenvalue weighted by Crippen LogP contribution is 2.32. The lowest BCUT2D eigenvalue weighted by Gasteiger charge is -2.31. The first-order valence-corrected chi connectivity index (χ1v) is 7.22. The molecular weight excluding hydrogens is 278 g/mol. The summed E-state index contributed by atoms with van der Waals surface area (Å²) in [5.74, 6) is 0.497. The number of rotatable bonds is 4. The van der Waals surface area contributed by atoms with Crippen LogP contribution < -0.4 is 10.1 Å². The summed E-state index contributed by atoms with van der Waals surface area (Å²) in [7, 11) is 0. The van der Waals surface area contributed by atoms with Gasteiger partial charge in [0, 0.05) is 6.54 Å². The SMILES string of the molecule is O=C1N[C@@H](c2ccc(OCC(F)F)cc2)N2CCCC[C@H]12. The molecule has 2 heterocycles. The lowest BCUT2D eigenvalue weighted by atomic mass is 10.0. The maximum atomic E-state index is 12.1. The Labute approximate surface area is 122 Å². The number of piperidine rings is 1. The minimum absolute atomic E-state index is 0.0292. The van der Waals surface area contributed by atoms with Gasteiger partial charge in [0.15, 0.2) is 0 Å². The van der Waals surface area contributed by atoms with E-state index < -0.39 is 13.0 Å². The van der Waals surface area contributed by atoms with E-state index in [1.54, 1.807) is 12.1 Å². The van der Waals surface area contributed by atoms with Gasteiger partial charge in [0.2, 0.25) is 5.91 Å². The van der Waals surface area contributed by atoms with Crippen molar-refractivity contribution in [1.29, 1.82) is 0 Å². The molecule has 4 nitrogen and oxygen atoms in total. The van der Waals surface area contributed by atoms with Gasteiger partial charge in [0.25, 0.3) is 6.43 Å². The Morgan fingerprint density at radius 3 is 2.76 bits per heavy atom. The normalized spacial score (nSPS) is 25.8. The van der Waals surface area contributed by atoms with Gasteiger partial charge in [-0.3, -0.25) is 9.69 Å². The first-order chi connectivity index (χ1) is 10.1. The summed E-state index contributed by atoms with van der Waals surface area (Å²) in [6, 6.07) is 6.95. The number of alkyl halides is 2. The Hall–Kier alpha value is -1.69. The number of nitrogens with one attached hydrogen (secondary N) is 1. The lowest BCUT2D eigenvalue weighted by Crippen LogP contribution is -2.38. The molecule has 6 heteroatoms. The van der Waals surface area contributed by atoms with Crippen LogP contribution in [-0.4, -0.2) is 36.4 Å². The summed E-state index contributed by atoms with van der Waals surface area (Å²) >= 11 is 0. The monoisotopic (exact) mass is 296 g/mol. The number of nitrogens with zero attached hydrogens (tertiary/aromatic N) is 1. The second-order valence-electron chi connectivity index (χ2n) is 5.43. The van der Waals surface area contributed by atoms with Gasteiger partial charge in [-0.2, -0.15) is 0 Å². The Kier molecular flexibility index (Phi) is 4.05. The quantitative estimate of drug-likeness (QED) is 0.927. The third-order valence-electron chi connectivity index (χ3n) is 4.03. The standard InChI is InChI=1S/C15H18F2N2O2/c16-13(17)9-21-11-6-4-10(5-7-11)14-18-15(20)12-3-1-2-8-19(12)14/h4-7,12-14H,1-3,8-9H2,(H,18,20)/t12-,14-/m1/s1. The predicted molar refractivity (Wildman–Crippen MR) is 73.2 cm³/mol. The molecule has 1 aromatic carbocycles. The predicted octanol–water partition coefficient (Wildman–Crippen LogP) is 2.31. The van der Waals surface area contributed by atoms with Crippen molar-refractivity contribution in [2.45, 2.75) is 37.9 Å². The molecule has 3 rings (SSSR count). The van der Waals surface area contributed by atoms with E-state index in [-0.39, 0.29) is 18.1 Å². The number of amides is 1. The number of carbonyl (C=O) groups is 1. The van der Waals surface area contributed by atoms with Crippen molar-refractivity contribution < 1.29 is 18.3 Å². The fourth-order valence-corrected chi connectivity index (χ4v) is 3.04. The van der Waals surface area contributed by atoms with E-state index in [0.717, 1.165) is 31.4 Å². The molecule has 0 saturated carbocycles. The van der Waals surface area contributed by atoms with Crippen molar-refractivity contribution in [3.8, 4) is 5.75 Å². The van der Waals surface area contributed by atoms with E-state index in [2.05, 4.69) is 10.2 Å². The Bertz CT molecular complexity index is 507. The molecule has 0 unspecified atom stereocenters. The Balaban J connectivity index is 1.70. The van der Waals surface area contributed by atoms with Gasteiger partial charge >= 0.3 is 0 Å². The van der Waals surface area contributed by atoms with Crippen LogP contribution in [0.4, 0.5) is 8.78 Å². The zero-order valence-electron chi connectivity index (χ0n) is 11.6. The van der Waals surface area contributed by atoms with Crippen LogP contribution in [0.3, 0.4) is 0 Å². The maximum Gasteiger partial charge on any atom is 0.272 e. The first-order valence-electron chi connectivity index (χ1n) is 7.22. The minimum Gasteiger partial charge on any atom is -0.488 e. The van der Waals surface area contributed by atoms with Crippen LogP contribution >= 0.6 is 0 Å². The van der Waals surface area contributed by atoms with Crippen molar-refractivity contribution >= 4 is 5.91 Å². The molecule has 1 N–H and O–H groups in total. The zero-order chi connectivity index (χ0) is 14.8. The number of hydrogen-bond donors (Lipinski definition) is 1. The van der Waals surface area contributed by atoms with Gasteiger partial charge in [0.05, 0.1) is 6.04 Å². The summed E-state index contributed by atoms with van der Waals surface area (Å²) in [6.45, 7) is 0.297. The number of ether oxygens (including phenoxy) is 1. The smallest absolute Gasteiger partial charge is 0.272 e. The molecule has 0 spiro atoms. The molecule has 2 fully saturated rings. The second kappa shape index (κ2) is 5.97. The highest BCUT2D eigenvalue weighted by molar-refractivity contribution is 5.84. The van der Waals surface area contributed by atoms with E-state index in [9.17, 15) is 13.6 Å². The third kappa shape index (κ3) is 3.00. The topological polar surface area (TPSA) is 41.6 Å². The Morgan fingerprint density at radius 1 is 1.29 bits per heavy atom. The van der Waals surface area contributed by atoms with Gasteiger partial charge in [-0.05, 0) is 30.5 Å². The van der Waals surface area contributed by atoms with Gasteiger partial charge in [-0.25, -0.2) is 8.78 Å². The average molecular weight is 296 g/mol. The van der Waals surface area contributed by atoms with E-state index in [1.165, 1.54) is 0 Å². The van der Waals surface area contributed by atoms with Gasteiger partial charge in [0.1, 0.15) is 18.5 Å². The van der Waals surface area contributed by atoms with Crippen molar-refractivity contribution in [2.24, 2.45) is 0 Å². The van der Waals surface area contributed by atoms with Crippen LogP contribution in [0.5, 0.6) is 5.75 Å². The van der Waals surface area contributed by atoms with Crippen LogP contribution in [0.15, 0.2) is 24.3 Å². The summed E-state index contributed by atoms with van der Waals surface area (Å²) in [5.41, 5.74) is 0.956. The molecule has 2 aliphatic heterocycles. The van der Waals surface area contributed by atoms with Crippen LogP contribution in [-0.2, 0) is 4.79 Å². The number of halogens is 2. The van der Waals surface area contributed by atoms with Crippen molar-refractivity contribution in [3.63, 3.8) is 0 Å². The van der Waals surface area contributed by atoms with E-state index in [0.29, 0.717) is 5.75 Å². The third-order valence-corrected chi connectivity index (χ3v) is 4.03. The fourth-order valence-electron chi connectivity index (χ4n) is 3.04. The molecule has 1 aromatic rings. The molecular formula is C15H18F2N2O2. The summed E-state index contributed by atoms with van der Waals surface area (Å²) in [6.07, 6.45) is 0.483. The molecule has 0 bridgehead atoms. The Morgan fingerprint density at radius 2 is 2.05 bits per heavy atom. The molecule has 0 aliphatic carbocycles. The molecule has 2 aliphatic rings. The minimum atomic E-state index is -2.48. The number of benzene rings is 1. The van der Waals surface area contributed by atoms with E-state index in [4.69, 9.17) is 4.74 Å². The van der Waals surface area contributed by atoms with Crippen molar-refractivity contribution in [3.05, 3.63) is 29.8 Å². The maximum absolute atomic E-state index is 12.1. The highest BCUT2D eigenvalue weighted by atomic mass is 19.3. The molecule has 2 saturated heterocycles. The lowest BCUT2D eigenvalue weighted by molar-refractivity contribution is -0.122.